The predicted molar refractivity (Wildman–Crippen MR) is 52.0 cm³/mol. The zero-order valence-corrected chi connectivity index (χ0v) is 8.21. The molecule has 0 amide bonds. The standard InChI is InChI=1S/C8H9NO4S/c1-14(12,13)9-8-6(5-10)3-2-4-7(8)11/h2-5,9,11H,1H3. The molecule has 0 aromatic heterocycles. The molecule has 6 heteroatoms. The summed E-state index contributed by atoms with van der Waals surface area (Å²) in [5, 5.41) is 9.30. The Labute approximate surface area is 81.4 Å². The number of anilines is 1. The van der Waals surface area contributed by atoms with Gasteiger partial charge in [0.05, 0.1) is 6.26 Å². The van der Waals surface area contributed by atoms with E-state index in [2.05, 4.69) is 4.72 Å². The summed E-state index contributed by atoms with van der Waals surface area (Å²) < 4.78 is 23.8. The minimum absolute atomic E-state index is 0.0926. The molecule has 0 aliphatic heterocycles. The number of phenolic OH excluding ortho intramolecular Hbond substituents is 1. The van der Waals surface area contributed by atoms with Gasteiger partial charge in [-0.1, -0.05) is 6.07 Å². The number of carbonyl (C=O) groups excluding carboxylic acids is 1. The normalized spacial score (nSPS) is 10.9. The number of aromatic hydroxyl groups is 1. The molecular weight excluding hydrogens is 206 g/mol. The molecule has 0 spiro atoms. The highest BCUT2D eigenvalue weighted by molar-refractivity contribution is 7.92. The van der Waals surface area contributed by atoms with Crippen molar-refractivity contribution < 1.29 is 18.3 Å². The molecule has 0 aliphatic carbocycles. The maximum Gasteiger partial charge on any atom is 0.229 e. The number of nitrogens with one attached hydrogen (secondary N) is 1. The van der Waals surface area contributed by atoms with Crippen LogP contribution in [0.2, 0.25) is 0 Å². The van der Waals surface area contributed by atoms with E-state index in [0.717, 1.165) is 6.26 Å². The summed E-state index contributed by atoms with van der Waals surface area (Å²) in [6.07, 6.45) is 1.40. The van der Waals surface area contributed by atoms with Gasteiger partial charge in [0.25, 0.3) is 0 Å². The minimum Gasteiger partial charge on any atom is -0.506 e. The first-order valence-corrected chi connectivity index (χ1v) is 5.58. The van der Waals surface area contributed by atoms with Gasteiger partial charge in [0.2, 0.25) is 10.0 Å². The second-order valence-electron chi connectivity index (χ2n) is 2.73. The number of carbonyl (C=O) groups is 1. The van der Waals surface area contributed by atoms with Crippen LogP contribution in [0.25, 0.3) is 0 Å². The van der Waals surface area contributed by atoms with E-state index in [9.17, 15) is 18.3 Å². The van der Waals surface area contributed by atoms with Crippen molar-refractivity contribution in [1.82, 2.24) is 0 Å². The van der Waals surface area contributed by atoms with Crippen LogP contribution in [0.15, 0.2) is 18.2 Å². The smallest absolute Gasteiger partial charge is 0.229 e. The van der Waals surface area contributed by atoms with Crippen molar-refractivity contribution in [1.29, 1.82) is 0 Å². The molecule has 0 heterocycles. The highest BCUT2D eigenvalue weighted by Crippen LogP contribution is 2.26. The number of phenols is 1. The summed E-state index contributed by atoms with van der Waals surface area (Å²) >= 11 is 0. The highest BCUT2D eigenvalue weighted by Gasteiger charge is 2.10. The second kappa shape index (κ2) is 3.67. The van der Waals surface area contributed by atoms with Gasteiger partial charge in [-0.2, -0.15) is 0 Å². The quantitative estimate of drug-likeness (QED) is 0.570. The molecule has 0 radical (unpaired) electrons. The third-order valence-electron chi connectivity index (χ3n) is 1.49. The molecule has 5 nitrogen and oxygen atoms in total. The van der Waals surface area contributed by atoms with E-state index in [1.165, 1.54) is 18.2 Å². The Morgan fingerprint density at radius 3 is 2.57 bits per heavy atom. The van der Waals surface area contributed by atoms with E-state index in [1.807, 2.05) is 0 Å². The SMILES string of the molecule is CS(=O)(=O)Nc1c(O)cccc1C=O. The average Bonchev–Trinajstić information content (AvgIpc) is 2.06. The van der Waals surface area contributed by atoms with Crippen molar-refractivity contribution in [3.05, 3.63) is 23.8 Å². The van der Waals surface area contributed by atoms with Crippen molar-refractivity contribution in [2.75, 3.05) is 11.0 Å². The van der Waals surface area contributed by atoms with Gasteiger partial charge in [-0.3, -0.25) is 9.52 Å². The van der Waals surface area contributed by atoms with Crippen molar-refractivity contribution >= 4 is 22.0 Å². The van der Waals surface area contributed by atoms with Gasteiger partial charge < -0.3 is 5.11 Å². The lowest BCUT2D eigenvalue weighted by molar-refractivity contribution is 0.112. The van der Waals surface area contributed by atoms with Crippen LogP contribution in [0.5, 0.6) is 5.75 Å². The predicted octanol–water partition coefficient (Wildman–Crippen LogP) is 0.576. The summed E-state index contributed by atoms with van der Waals surface area (Å²) in [7, 11) is -3.50. The Balaban J connectivity index is 3.24. The topological polar surface area (TPSA) is 83.5 Å². The molecular formula is C8H9NO4S. The minimum atomic E-state index is -3.50. The van der Waals surface area contributed by atoms with Crippen LogP contribution in [0.1, 0.15) is 10.4 Å². The van der Waals surface area contributed by atoms with Crippen molar-refractivity contribution in [2.45, 2.75) is 0 Å². The summed E-state index contributed by atoms with van der Waals surface area (Å²) in [6, 6.07) is 4.15. The van der Waals surface area contributed by atoms with Gasteiger partial charge in [-0.25, -0.2) is 8.42 Å². The van der Waals surface area contributed by atoms with E-state index >= 15 is 0 Å². The van der Waals surface area contributed by atoms with Crippen molar-refractivity contribution in [3.8, 4) is 5.75 Å². The van der Waals surface area contributed by atoms with Crippen LogP contribution in [-0.4, -0.2) is 26.1 Å². The Bertz CT molecular complexity index is 452. The monoisotopic (exact) mass is 215 g/mol. The van der Waals surface area contributed by atoms with Crippen LogP contribution in [0, 0.1) is 0 Å². The second-order valence-corrected chi connectivity index (χ2v) is 4.48. The number of hydrogen-bond acceptors (Lipinski definition) is 4. The highest BCUT2D eigenvalue weighted by atomic mass is 32.2. The summed E-state index contributed by atoms with van der Waals surface area (Å²) in [4.78, 5) is 10.5. The van der Waals surface area contributed by atoms with Crippen molar-refractivity contribution in [2.24, 2.45) is 0 Å². The van der Waals surface area contributed by atoms with Gasteiger partial charge in [0.1, 0.15) is 11.4 Å². The first-order chi connectivity index (χ1) is 6.44. The maximum absolute atomic E-state index is 10.9. The number of para-hydroxylation sites is 1. The molecule has 76 valence electrons. The number of benzene rings is 1. The van der Waals surface area contributed by atoms with Crippen LogP contribution < -0.4 is 4.72 Å². The lowest BCUT2D eigenvalue weighted by Crippen LogP contribution is -2.11. The molecule has 0 aliphatic rings. The maximum atomic E-state index is 10.9. The average molecular weight is 215 g/mol. The van der Waals surface area contributed by atoms with Gasteiger partial charge in [0.15, 0.2) is 6.29 Å². The van der Waals surface area contributed by atoms with E-state index in [1.54, 1.807) is 0 Å². The summed E-state index contributed by atoms with van der Waals surface area (Å²) in [5.74, 6) is -0.278. The van der Waals surface area contributed by atoms with Crippen LogP contribution in [-0.2, 0) is 10.0 Å². The molecule has 2 N–H and O–H groups in total. The van der Waals surface area contributed by atoms with Gasteiger partial charge in [-0.15, -0.1) is 0 Å². The largest absolute Gasteiger partial charge is 0.506 e. The lowest BCUT2D eigenvalue weighted by atomic mass is 10.2. The molecule has 0 atom stereocenters. The van der Waals surface area contributed by atoms with E-state index < -0.39 is 10.0 Å². The zero-order chi connectivity index (χ0) is 10.8. The summed E-state index contributed by atoms with van der Waals surface area (Å²) in [5.41, 5.74) is 0.000394. The van der Waals surface area contributed by atoms with Crippen molar-refractivity contribution in [3.63, 3.8) is 0 Å². The van der Waals surface area contributed by atoms with Gasteiger partial charge in [0, 0.05) is 5.56 Å². The fraction of sp³-hybridized carbons (Fsp3) is 0.125. The zero-order valence-electron chi connectivity index (χ0n) is 7.39. The van der Waals surface area contributed by atoms with Crippen LogP contribution in [0.4, 0.5) is 5.69 Å². The first kappa shape index (κ1) is 10.5. The molecule has 1 aromatic rings. The molecule has 14 heavy (non-hydrogen) atoms. The molecule has 1 rings (SSSR count). The third kappa shape index (κ3) is 2.46. The van der Waals surface area contributed by atoms with E-state index in [0.29, 0.717) is 6.29 Å². The van der Waals surface area contributed by atoms with Crippen LogP contribution in [0.3, 0.4) is 0 Å². The first-order valence-electron chi connectivity index (χ1n) is 3.69. The molecule has 1 aromatic carbocycles. The molecule has 0 fully saturated rings. The van der Waals surface area contributed by atoms with E-state index in [-0.39, 0.29) is 17.0 Å². The lowest BCUT2D eigenvalue weighted by Gasteiger charge is -2.07. The number of rotatable bonds is 3. The third-order valence-corrected chi connectivity index (χ3v) is 2.06. The van der Waals surface area contributed by atoms with Crippen LogP contribution >= 0.6 is 0 Å². The Hall–Kier alpha value is -1.56. The van der Waals surface area contributed by atoms with Gasteiger partial charge >= 0.3 is 0 Å². The fourth-order valence-corrected chi connectivity index (χ4v) is 1.55. The number of sulfonamides is 1. The molecule has 0 bridgehead atoms. The summed E-state index contributed by atoms with van der Waals surface area (Å²) in [6.45, 7) is 0. The molecule has 0 saturated carbocycles. The fourth-order valence-electron chi connectivity index (χ4n) is 0.952. The Kier molecular flexibility index (Phi) is 2.76. The van der Waals surface area contributed by atoms with E-state index in [4.69, 9.17) is 0 Å². The Morgan fingerprint density at radius 2 is 2.07 bits per heavy atom. The molecule has 0 unspecified atom stereocenters. The van der Waals surface area contributed by atoms with Gasteiger partial charge in [-0.05, 0) is 12.1 Å². The number of hydrogen-bond donors (Lipinski definition) is 2. The Morgan fingerprint density at radius 1 is 1.43 bits per heavy atom. The molecule has 0 saturated heterocycles. The number of aldehydes is 1.